The van der Waals surface area contributed by atoms with Gasteiger partial charge < -0.3 is 9.84 Å². The first-order valence-corrected chi connectivity index (χ1v) is 8.36. The summed E-state index contributed by atoms with van der Waals surface area (Å²) in [6.07, 6.45) is 2.82. The van der Waals surface area contributed by atoms with Crippen LogP contribution in [-0.2, 0) is 20.7 Å². The maximum Gasteiger partial charge on any atom is 0.307 e. The Bertz CT molecular complexity index is 574. The molecule has 2 atom stereocenters. The van der Waals surface area contributed by atoms with E-state index in [1.807, 2.05) is 25.1 Å². The number of hydrogen-bond acceptors (Lipinski definition) is 4. The minimum Gasteiger partial charge on any atom is -0.481 e. The van der Waals surface area contributed by atoms with Gasteiger partial charge in [0, 0.05) is 6.42 Å². The van der Waals surface area contributed by atoms with Gasteiger partial charge in [-0.2, -0.15) is 5.26 Å². The fraction of sp³-hybridized carbons (Fsp3) is 0.526. The predicted octanol–water partition coefficient (Wildman–Crippen LogP) is 3.70. The Kier molecular flexibility index (Phi) is 8.56. The van der Waals surface area contributed by atoms with Gasteiger partial charge in [-0.25, -0.2) is 0 Å². The molecule has 0 aliphatic carbocycles. The normalized spacial score (nSPS) is 12.9. The van der Waals surface area contributed by atoms with Crippen LogP contribution >= 0.6 is 0 Å². The van der Waals surface area contributed by atoms with Gasteiger partial charge in [-0.15, -0.1) is 0 Å². The van der Waals surface area contributed by atoms with Crippen LogP contribution in [-0.4, -0.2) is 23.1 Å². The van der Waals surface area contributed by atoms with Crippen molar-refractivity contribution in [1.82, 2.24) is 0 Å². The Hall–Kier alpha value is -2.35. The maximum atomic E-state index is 12.0. The van der Waals surface area contributed by atoms with Crippen molar-refractivity contribution in [3.63, 3.8) is 0 Å². The molecule has 1 aromatic carbocycles. The Labute approximate surface area is 143 Å². The SMILES string of the molecule is CCCC[C@H](C)[C@H](CC(=O)O)OC(=O)CCc1ccc(C#N)cc1. The lowest BCUT2D eigenvalue weighted by Crippen LogP contribution is -2.28. The third-order valence-electron chi connectivity index (χ3n) is 4.01. The highest BCUT2D eigenvalue weighted by atomic mass is 16.5. The van der Waals surface area contributed by atoms with E-state index in [0.29, 0.717) is 12.0 Å². The van der Waals surface area contributed by atoms with E-state index in [4.69, 9.17) is 15.1 Å². The number of aryl methyl sites for hydroxylation is 1. The molecule has 130 valence electrons. The first-order chi connectivity index (χ1) is 11.5. The highest BCUT2D eigenvalue weighted by molar-refractivity contribution is 5.71. The molecule has 0 aromatic heterocycles. The topological polar surface area (TPSA) is 87.4 Å². The molecule has 0 fully saturated rings. The fourth-order valence-corrected chi connectivity index (χ4v) is 2.46. The molecule has 1 N–H and O–H groups in total. The molecule has 0 aliphatic heterocycles. The average molecular weight is 331 g/mol. The monoisotopic (exact) mass is 331 g/mol. The van der Waals surface area contributed by atoms with Gasteiger partial charge in [-0.05, 0) is 36.5 Å². The van der Waals surface area contributed by atoms with Crippen molar-refractivity contribution in [2.24, 2.45) is 5.92 Å². The van der Waals surface area contributed by atoms with Gasteiger partial charge in [0.1, 0.15) is 6.10 Å². The van der Waals surface area contributed by atoms with Crippen LogP contribution in [0.1, 0.15) is 57.1 Å². The van der Waals surface area contributed by atoms with E-state index in [9.17, 15) is 9.59 Å². The van der Waals surface area contributed by atoms with E-state index >= 15 is 0 Å². The van der Waals surface area contributed by atoms with Gasteiger partial charge in [0.25, 0.3) is 0 Å². The number of carboxylic acids is 1. The molecule has 5 heteroatoms. The third kappa shape index (κ3) is 7.28. The number of hydrogen-bond donors (Lipinski definition) is 1. The molecule has 0 spiro atoms. The van der Waals surface area contributed by atoms with E-state index in [0.717, 1.165) is 24.8 Å². The molecule has 0 saturated heterocycles. The van der Waals surface area contributed by atoms with Crippen LogP contribution in [0.5, 0.6) is 0 Å². The molecular weight excluding hydrogens is 306 g/mol. The number of aliphatic carboxylic acids is 1. The smallest absolute Gasteiger partial charge is 0.307 e. The van der Waals surface area contributed by atoms with E-state index < -0.39 is 12.1 Å². The predicted molar refractivity (Wildman–Crippen MR) is 90.3 cm³/mol. The molecule has 0 aliphatic rings. The first-order valence-electron chi connectivity index (χ1n) is 8.36. The molecule has 24 heavy (non-hydrogen) atoms. The summed E-state index contributed by atoms with van der Waals surface area (Å²) in [7, 11) is 0. The summed E-state index contributed by atoms with van der Waals surface area (Å²) in [6.45, 7) is 4.00. The van der Waals surface area contributed by atoms with Crippen molar-refractivity contribution < 1.29 is 19.4 Å². The molecule has 1 aromatic rings. The van der Waals surface area contributed by atoms with Gasteiger partial charge in [-0.1, -0.05) is 38.8 Å². The van der Waals surface area contributed by atoms with Crippen LogP contribution < -0.4 is 0 Å². The summed E-state index contributed by atoms with van der Waals surface area (Å²) in [6, 6.07) is 9.08. The van der Waals surface area contributed by atoms with Crippen molar-refractivity contribution >= 4 is 11.9 Å². The quantitative estimate of drug-likeness (QED) is 0.660. The number of nitriles is 1. The summed E-state index contributed by atoms with van der Waals surface area (Å²) in [5.74, 6) is -1.31. The summed E-state index contributed by atoms with van der Waals surface area (Å²) in [5.41, 5.74) is 1.52. The van der Waals surface area contributed by atoms with Crippen molar-refractivity contribution in [3.05, 3.63) is 35.4 Å². The first kappa shape index (κ1) is 19.7. The number of rotatable bonds is 10. The number of esters is 1. The third-order valence-corrected chi connectivity index (χ3v) is 4.01. The summed E-state index contributed by atoms with van der Waals surface area (Å²) >= 11 is 0. The molecule has 5 nitrogen and oxygen atoms in total. The highest BCUT2D eigenvalue weighted by Crippen LogP contribution is 2.19. The van der Waals surface area contributed by atoms with Gasteiger partial charge >= 0.3 is 11.9 Å². The van der Waals surface area contributed by atoms with Gasteiger partial charge in [0.05, 0.1) is 18.1 Å². The maximum absolute atomic E-state index is 12.0. The molecule has 0 unspecified atom stereocenters. The zero-order chi connectivity index (χ0) is 17.9. The van der Waals surface area contributed by atoms with Crippen molar-refractivity contribution in [1.29, 1.82) is 5.26 Å². The van der Waals surface area contributed by atoms with Crippen molar-refractivity contribution in [2.75, 3.05) is 0 Å². The van der Waals surface area contributed by atoms with Crippen LogP contribution in [0, 0.1) is 17.2 Å². The van der Waals surface area contributed by atoms with Crippen LogP contribution in [0.4, 0.5) is 0 Å². The fourth-order valence-electron chi connectivity index (χ4n) is 2.46. The largest absolute Gasteiger partial charge is 0.481 e. The molecule has 0 bridgehead atoms. The zero-order valence-corrected chi connectivity index (χ0v) is 14.3. The number of benzene rings is 1. The number of unbranched alkanes of at least 4 members (excludes halogenated alkanes) is 1. The highest BCUT2D eigenvalue weighted by Gasteiger charge is 2.24. The van der Waals surface area contributed by atoms with Gasteiger partial charge in [0.2, 0.25) is 0 Å². The average Bonchev–Trinajstić information content (AvgIpc) is 2.57. The van der Waals surface area contributed by atoms with Crippen molar-refractivity contribution in [2.45, 2.75) is 58.5 Å². The van der Waals surface area contributed by atoms with Crippen molar-refractivity contribution in [3.8, 4) is 6.07 Å². The van der Waals surface area contributed by atoms with Crippen LogP contribution in [0.3, 0.4) is 0 Å². The number of carbonyl (C=O) groups excluding carboxylic acids is 1. The molecule has 0 radical (unpaired) electrons. The Morgan fingerprint density at radius 2 is 1.96 bits per heavy atom. The van der Waals surface area contributed by atoms with Crippen LogP contribution in [0.15, 0.2) is 24.3 Å². The van der Waals surface area contributed by atoms with Gasteiger partial charge in [-0.3, -0.25) is 9.59 Å². The molecular formula is C19H25NO4. The van der Waals surface area contributed by atoms with Crippen LogP contribution in [0.25, 0.3) is 0 Å². The van der Waals surface area contributed by atoms with Crippen LogP contribution in [0.2, 0.25) is 0 Å². The number of ether oxygens (including phenoxy) is 1. The van der Waals surface area contributed by atoms with E-state index in [-0.39, 0.29) is 24.7 Å². The second-order valence-corrected chi connectivity index (χ2v) is 6.05. The van der Waals surface area contributed by atoms with E-state index in [1.165, 1.54) is 0 Å². The Morgan fingerprint density at radius 1 is 1.29 bits per heavy atom. The second-order valence-electron chi connectivity index (χ2n) is 6.05. The van der Waals surface area contributed by atoms with E-state index in [1.54, 1.807) is 12.1 Å². The number of carboxylic acid groups (broad SMARTS) is 1. The lowest BCUT2D eigenvalue weighted by atomic mass is 9.95. The molecule has 0 saturated carbocycles. The summed E-state index contributed by atoms with van der Waals surface area (Å²) < 4.78 is 5.41. The lowest BCUT2D eigenvalue weighted by Gasteiger charge is -2.22. The standard InChI is InChI=1S/C19H25NO4/c1-3-4-5-14(2)17(12-18(21)22)24-19(23)11-10-15-6-8-16(13-20)9-7-15/h6-9,14,17H,3-5,10-12H2,1-2H3,(H,21,22)/t14-,17-/m0/s1. The zero-order valence-electron chi connectivity index (χ0n) is 14.3. The minimum atomic E-state index is -0.955. The van der Waals surface area contributed by atoms with Gasteiger partial charge in [0.15, 0.2) is 0 Å². The summed E-state index contributed by atoms with van der Waals surface area (Å²) in [4.78, 5) is 23.0. The second kappa shape index (κ2) is 10.4. The Balaban J connectivity index is 2.53. The minimum absolute atomic E-state index is 0.0277. The lowest BCUT2D eigenvalue weighted by molar-refractivity contribution is -0.155. The van der Waals surface area contributed by atoms with E-state index in [2.05, 4.69) is 6.92 Å². The summed E-state index contributed by atoms with van der Waals surface area (Å²) in [5, 5.41) is 17.8. The molecule has 0 amide bonds. The molecule has 0 heterocycles. The Morgan fingerprint density at radius 3 is 2.50 bits per heavy atom. The number of carbonyl (C=O) groups is 2. The number of nitrogens with zero attached hydrogens (tertiary/aromatic N) is 1. The molecule has 1 rings (SSSR count).